The number of carbonyl (C=O) groups is 2. The lowest BCUT2D eigenvalue weighted by molar-refractivity contribution is -0.151. The van der Waals surface area contributed by atoms with Crippen molar-refractivity contribution in [1.29, 1.82) is 0 Å². The lowest BCUT2D eigenvalue weighted by atomic mass is 10.0. The summed E-state index contributed by atoms with van der Waals surface area (Å²) < 4.78 is 12.2. The SMILES string of the molecule is CC(C)(C)N(Cc1ccccc1)C(=O)COC(=O)/C(=C/c1ccco1)n1nnnc1-c1ccccc1. The fraction of sp³-hybridized carbons (Fsp3) is 0.222. The van der Waals surface area contributed by atoms with E-state index in [0.29, 0.717) is 23.7 Å². The van der Waals surface area contributed by atoms with Crippen LogP contribution >= 0.6 is 0 Å². The molecule has 0 bridgehead atoms. The third-order valence-electron chi connectivity index (χ3n) is 5.38. The number of ether oxygens (including phenoxy) is 1. The van der Waals surface area contributed by atoms with Gasteiger partial charge in [-0.05, 0) is 48.9 Å². The molecule has 4 rings (SSSR count). The molecule has 0 aliphatic rings. The monoisotopic (exact) mass is 485 g/mol. The van der Waals surface area contributed by atoms with E-state index >= 15 is 0 Å². The Hall–Kier alpha value is -4.53. The summed E-state index contributed by atoms with van der Waals surface area (Å²) in [4.78, 5) is 28.1. The summed E-state index contributed by atoms with van der Waals surface area (Å²) in [6.07, 6.45) is 2.96. The molecule has 0 saturated heterocycles. The van der Waals surface area contributed by atoms with Crippen molar-refractivity contribution >= 4 is 23.6 Å². The molecular formula is C27H27N5O4. The first-order valence-electron chi connectivity index (χ1n) is 11.4. The van der Waals surface area contributed by atoms with E-state index < -0.39 is 18.1 Å². The second kappa shape index (κ2) is 10.8. The van der Waals surface area contributed by atoms with Gasteiger partial charge < -0.3 is 14.1 Å². The van der Waals surface area contributed by atoms with Crippen molar-refractivity contribution in [2.24, 2.45) is 0 Å². The van der Waals surface area contributed by atoms with E-state index in [1.54, 1.807) is 17.0 Å². The van der Waals surface area contributed by atoms with Gasteiger partial charge in [0, 0.05) is 23.7 Å². The molecule has 0 fully saturated rings. The van der Waals surface area contributed by atoms with Gasteiger partial charge in [0.25, 0.3) is 5.91 Å². The zero-order chi connectivity index (χ0) is 25.5. The van der Waals surface area contributed by atoms with E-state index in [1.807, 2.05) is 81.4 Å². The fourth-order valence-electron chi connectivity index (χ4n) is 3.58. The average Bonchev–Trinajstić information content (AvgIpc) is 3.57. The molecule has 2 aromatic heterocycles. The minimum absolute atomic E-state index is 0.00645. The van der Waals surface area contributed by atoms with Crippen molar-refractivity contribution in [1.82, 2.24) is 25.1 Å². The number of furan rings is 1. The molecule has 184 valence electrons. The van der Waals surface area contributed by atoms with Crippen molar-refractivity contribution in [3.05, 3.63) is 90.4 Å². The Morgan fingerprint density at radius 2 is 1.69 bits per heavy atom. The number of carbonyl (C=O) groups excluding carboxylic acids is 2. The van der Waals surface area contributed by atoms with E-state index in [-0.39, 0.29) is 11.6 Å². The van der Waals surface area contributed by atoms with Crippen LogP contribution in [0.1, 0.15) is 32.1 Å². The molecule has 9 nitrogen and oxygen atoms in total. The average molecular weight is 486 g/mol. The lowest BCUT2D eigenvalue weighted by Crippen LogP contribution is -2.46. The van der Waals surface area contributed by atoms with Crippen LogP contribution in [0, 0.1) is 0 Å². The summed E-state index contributed by atoms with van der Waals surface area (Å²) in [5.41, 5.74) is 1.21. The molecule has 0 aliphatic carbocycles. The van der Waals surface area contributed by atoms with E-state index in [1.165, 1.54) is 17.0 Å². The minimum Gasteiger partial charge on any atom is -0.465 e. The molecule has 2 aromatic carbocycles. The summed E-state index contributed by atoms with van der Waals surface area (Å²) >= 11 is 0. The Kier molecular flexibility index (Phi) is 7.39. The number of nitrogens with zero attached hydrogens (tertiary/aromatic N) is 5. The van der Waals surface area contributed by atoms with Gasteiger partial charge in [-0.2, -0.15) is 4.68 Å². The van der Waals surface area contributed by atoms with Gasteiger partial charge in [0.2, 0.25) is 0 Å². The van der Waals surface area contributed by atoms with Crippen molar-refractivity contribution in [2.75, 3.05) is 6.61 Å². The number of tetrazole rings is 1. The lowest BCUT2D eigenvalue weighted by Gasteiger charge is -2.35. The number of amides is 1. The van der Waals surface area contributed by atoms with Crippen LogP contribution in [0.5, 0.6) is 0 Å². The van der Waals surface area contributed by atoms with Crippen LogP contribution < -0.4 is 0 Å². The normalized spacial score (nSPS) is 11.8. The molecule has 9 heteroatoms. The van der Waals surface area contributed by atoms with Crippen molar-refractivity contribution in [3.8, 4) is 11.4 Å². The molecule has 0 N–H and O–H groups in total. The van der Waals surface area contributed by atoms with Crippen molar-refractivity contribution in [2.45, 2.75) is 32.9 Å². The Balaban J connectivity index is 1.57. The van der Waals surface area contributed by atoms with Crippen LogP contribution in [0.2, 0.25) is 0 Å². The third-order valence-corrected chi connectivity index (χ3v) is 5.38. The van der Waals surface area contributed by atoms with Gasteiger partial charge in [-0.15, -0.1) is 5.10 Å². The third kappa shape index (κ3) is 5.93. The van der Waals surface area contributed by atoms with Crippen LogP contribution in [-0.4, -0.2) is 49.1 Å². The number of benzene rings is 2. The smallest absolute Gasteiger partial charge is 0.357 e. The molecule has 0 atom stereocenters. The van der Waals surface area contributed by atoms with Crippen molar-refractivity contribution < 1.29 is 18.7 Å². The maximum atomic E-state index is 13.3. The van der Waals surface area contributed by atoms with Crippen LogP contribution in [0.15, 0.2) is 83.5 Å². The molecular weight excluding hydrogens is 458 g/mol. The first-order chi connectivity index (χ1) is 17.3. The number of rotatable bonds is 8. The van der Waals surface area contributed by atoms with E-state index in [0.717, 1.165) is 5.56 Å². The van der Waals surface area contributed by atoms with Gasteiger partial charge in [-0.25, -0.2) is 4.79 Å². The molecule has 0 saturated carbocycles. The molecule has 0 aliphatic heterocycles. The Morgan fingerprint density at radius 1 is 1.00 bits per heavy atom. The van der Waals surface area contributed by atoms with Gasteiger partial charge in [-0.3, -0.25) is 4.79 Å². The first-order valence-corrected chi connectivity index (χ1v) is 11.4. The number of hydrogen-bond acceptors (Lipinski definition) is 7. The molecule has 0 radical (unpaired) electrons. The molecule has 0 spiro atoms. The predicted octanol–water partition coefficient (Wildman–Crippen LogP) is 4.30. The van der Waals surface area contributed by atoms with Crippen LogP contribution in [0.3, 0.4) is 0 Å². The molecule has 1 amide bonds. The zero-order valence-electron chi connectivity index (χ0n) is 20.4. The van der Waals surface area contributed by atoms with Crippen LogP contribution in [-0.2, 0) is 20.9 Å². The zero-order valence-corrected chi connectivity index (χ0v) is 20.4. The predicted molar refractivity (Wildman–Crippen MR) is 134 cm³/mol. The highest BCUT2D eigenvalue weighted by atomic mass is 16.5. The molecule has 0 unspecified atom stereocenters. The standard InChI is InChI=1S/C27H27N5O4/c1-27(2,3)31(18-20-11-6-4-7-12-20)24(33)19-36-26(34)23(17-22-15-10-16-35-22)32-25(28-29-30-32)21-13-8-5-9-14-21/h4-17H,18-19H2,1-3H3/b23-17-. The number of hydrogen-bond donors (Lipinski definition) is 0. The summed E-state index contributed by atoms with van der Waals surface area (Å²) in [5.74, 6) is -0.338. The summed E-state index contributed by atoms with van der Waals surface area (Å²) in [5, 5.41) is 11.8. The van der Waals surface area contributed by atoms with Crippen LogP contribution in [0.25, 0.3) is 23.2 Å². The fourth-order valence-corrected chi connectivity index (χ4v) is 3.58. The van der Waals surface area contributed by atoms with E-state index in [2.05, 4.69) is 15.5 Å². The van der Waals surface area contributed by atoms with E-state index in [4.69, 9.17) is 9.15 Å². The second-order valence-corrected chi connectivity index (χ2v) is 9.04. The highest BCUT2D eigenvalue weighted by Gasteiger charge is 2.28. The Bertz CT molecular complexity index is 1320. The van der Waals surface area contributed by atoms with Gasteiger partial charge in [0.05, 0.1) is 6.26 Å². The van der Waals surface area contributed by atoms with Gasteiger partial charge >= 0.3 is 5.97 Å². The number of esters is 1. The first kappa shape index (κ1) is 24.6. The van der Waals surface area contributed by atoms with Crippen LogP contribution in [0.4, 0.5) is 0 Å². The largest absolute Gasteiger partial charge is 0.465 e. The number of aromatic nitrogens is 4. The highest BCUT2D eigenvalue weighted by molar-refractivity contribution is 6.15. The summed E-state index contributed by atoms with van der Waals surface area (Å²) in [6, 6.07) is 22.2. The Labute approximate surface area is 209 Å². The molecule has 2 heterocycles. The maximum absolute atomic E-state index is 13.3. The highest BCUT2D eigenvalue weighted by Crippen LogP contribution is 2.22. The maximum Gasteiger partial charge on any atom is 0.357 e. The van der Waals surface area contributed by atoms with Gasteiger partial charge in [-0.1, -0.05) is 60.7 Å². The quantitative estimate of drug-likeness (QED) is 0.271. The van der Waals surface area contributed by atoms with Gasteiger partial charge in [0.15, 0.2) is 18.1 Å². The van der Waals surface area contributed by atoms with Crippen molar-refractivity contribution in [3.63, 3.8) is 0 Å². The summed E-state index contributed by atoms with van der Waals surface area (Å²) in [6.45, 7) is 5.75. The summed E-state index contributed by atoms with van der Waals surface area (Å²) in [7, 11) is 0. The molecule has 4 aromatic rings. The minimum atomic E-state index is -0.766. The Morgan fingerprint density at radius 3 is 2.33 bits per heavy atom. The topological polar surface area (TPSA) is 103 Å². The second-order valence-electron chi connectivity index (χ2n) is 9.04. The van der Waals surface area contributed by atoms with E-state index in [9.17, 15) is 9.59 Å². The van der Waals surface area contributed by atoms with Gasteiger partial charge in [0.1, 0.15) is 5.76 Å². The molecule has 36 heavy (non-hydrogen) atoms.